The third-order valence-corrected chi connectivity index (χ3v) is 4.04. The molecule has 0 radical (unpaired) electrons. The van der Waals surface area contributed by atoms with Crippen molar-refractivity contribution in [1.29, 1.82) is 0 Å². The molecule has 1 aliphatic rings. The molecule has 0 spiro atoms. The van der Waals surface area contributed by atoms with Crippen molar-refractivity contribution in [2.75, 3.05) is 6.79 Å². The van der Waals surface area contributed by atoms with E-state index in [2.05, 4.69) is 25.1 Å². The summed E-state index contributed by atoms with van der Waals surface area (Å²) in [5, 5.41) is 9.76. The van der Waals surface area contributed by atoms with E-state index in [1.54, 1.807) is 0 Å². The van der Waals surface area contributed by atoms with Crippen molar-refractivity contribution >= 4 is 0 Å². The number of benzene rings is 1. The second-order valence-electron chi connectivity index (χ2n) is 6.61. The molecule has 1 aromatic carbocycles. The standard InChI is InChI=1S/C19H28O3/c1-4-15(9-6-12-19(2,3)20)7-5-8-16-10-11-17-18(13-16)22-14-21-17/h7,10-11,13,20H,4-6,8-9,12,14H2,1-3H3. The molecule has 0 atom stereocenters. The minimum atomic E-state index is -0.550. The Bertz CT molecular complexity index is 512. The molecule has 0 bridgehead atoms. The molecule has 0 aliphatic carbocycles. The van der Waals surface area contributed by atoms with Gasteiger partial charge in [-0.15, -0.1) is 0 Å². The number of aryl methyl sites for hydroxylation is 1. The van der Waals surface area contributed by atoms with E-state index in [-0.39, 0.29) is 0 Å². The Hall–Kier alpha value is -1.48. The first kappa shape index (κ1) is 16.9. The molecular weight excluding hydrogens is 276 g/mol. The van der Waals surface area contributed by atoms with Gasteiger partial charge in [0.1, 0.15) is 0 Å². The predicted molar refractivity (Wildman–Crippen MR) is 89.4 cm³/mol. The normalized spacial score (nSPS) is 14.5. The largest absolute Gasteiger partial charge is 0.454 e. The minimum absolute atomic E-state index is 0.333. The van der Waals surface area contributed by atoms with E-state index < -0.39 is 5.60 Å². The Morgan fingerprint density at radius 1 is 1.27 bits per heavy atom. The molecule has 1 aromatic rings. The van der Waals surface area contributed by atoms with Crippen LogP contribution < -0.4 is 9.47 Å². The summed E-state index contributed by atoms with van der Waals surface area (Å²) in [7, 11) is 0. The number of allylic oxidation sites excluding steroid dienone is 2. The van der Waals surface area contributed by atoms with Crippen molar-refractivity contribution < 1.29 is 14.6 Å². The van der Waals surface area contributed by atoms with E-state index in [0.717, 1.165) is 50.0 Å². The SMILES string of the molecule is CCC(=CCCc1ccc2c(c1)OCO2)CCCC(C)(C)O. The maximum absolute atomic E-state index is 9.76. The van der Waals surface area contributed by atoms with Gasteiger partial charge in [0.15, 0.2) is 11.5 Å². The molecule has 1 N–H and O–H groups in total. The van der Waals surface area contributed by atoms with Crippen molar-refractivity contribution in [3.8, 4) is 11.5 Å². The summed E-state index contributed by atoms with van der Waals surface area (Å²) in [6.07, 6.45) is 8.50. The third-order valence-electron chi connectivity index (χ3n) is 4.04. The van der Waals surface area contributed by atoms with E-state index in [9.17, 15) is 5.11 Å². The summed E-state index contributed by atoms with van der Waals surface area (Å²) in [6, 6.07) is 6.18. The number of aliphatic hydroxyl groups is 1. The topological polar surface area (TPSA) is 38.7 Å². The van der Waals surface area contributed by atoms with Gasteiger partial charge in [-0.3, -0.25) is 0 Å². The van der Waals surface area contributed by atoms with Crippen LogP contribution >= 0.6 is 0 Å². The summed E-state index contributed by atoms with van der Waals surface area (Å²) >= 11 is 0. The highest BCUT2D eigenvalue weighted by Crippen LogP contribution is 2.32. The van der Waals surface area contributed by atoms with Crippen molar-refractivity contribution in [2.24, 2.45) is 0 Å². The van der Waals surface area contributed by atoms with Crippen molar-refractivity contribution in [3.05, 3.63) is 35.4 Å². The fourth-order valence-corrected chi connectivity index (χ4v) is 2.71. The lowest BCUT2D eigenvalue weighted by molar-refractivity contribution is 0.0689. The first-order chi connectivity index (χ1) is 10.5. The monoisotopic (exact) mass is 304 g/mol. The fourth-order valence-electron chi connectivity index (χ4n) is 2.71. The average molecular weight is 304 g/mol. The van der Waals surface area contributed by atoms with Crippen LogP contribution in [-0.4, -0.2) is 17.5 Å². The van der Waals surface area contributed by atoms with Crippen LogP contribution in [0.4, 0.5) is 0 Å². The van der Waals surface area contributed by atoms with E-state index in [0.29, 0.717) is 6.79 Å². The molecule has 3 heteroatoms. The number of hydrogen-bond acceptors (Lipinski definition) is 3. The van der Waals surface area contributed by atoms with Gasteiger partial charge in [0.25, 0.3) is 0 Å². The fraction of sp³-hybridized carbons (Fsp3) is 0.579. The lowest BCUT2D eigenvalue weighted by Gasteiger charge is -2.17. The van der Waals surface area contributed by atoms with Crippen molar-refractivity contribution in [2.45, 2.75) is 64.9 Å². The molecule has 0 unspecified atom stereocenters. The highest BCUT2D eigenvalue weighted by Gasteiger charge is 2.13. The van der Waals surface area contributed by atoms with Gasteiger partial charge in [-0.2, -0.15) is 0 Å². The van der Waals surface area contributed by atoms with Gasteiger partial charge in [-0.25, -0.2) is 0 Å². The van der Waals surface area contributed by atoms with Crippen LogP contribution in [0.1, 0.15) is 58.4 Å². The maximum Gasteiger partial charge on any atom is 0.231 e. The predicted octanol–water partition coefficient (Wildman–Crippen LogP) is 4.63. The summed E-state index contributed by atoms with van der Waals surface area (Å²) in [5.41, 5.74) is 2.23. The molecule has 2 rings (SSSR count). The van der Waals surface area contributed by atoms with Crippen molar-refractivity contribution in [1.82, 2.24) is 0 Å². The second kappa shape index (κ2) is 7.68. The van der Waals surface area contributed by atoms with Crippen LogP contribution in [0, 0.1) is 0 Å². The van der Waals surface area contributed by atoms with Crippen LogP contribution in [-0.2, 0) is 6.42 Å². The first-order valence-electron chi connectivity index (χ1n) is 8.27. The van der Waals surface area contributed by atoms with E-state index in [4.69, 9.17) is 9.47 Å². The zero-order valence-corrected chi connectivity index (χ0v) is 14.0. The van der Waals surface area contributed by atoms with Crippen LogP contribution in [0.5, 0.6) is 11.5 Å². The second-order valence-corrected chi connectivity index (χ2v) is 6.61. The van der Waals surface area contributed by atoms with Gasteiger partial charge < -0.3 is 14.6 Å². The quantitative estimate of drug-likeness (QED) is 0.712. The summed E-state index contributed by atoms with van der Waals surface area (Å²) in [6.45, 7) is 6.29. The van der Waals surface area contributed by atoms with Gasteiger partial charge in [0, 0.05) is 0 Å². The van der Waals surface area contributed by atoms with Crippen LogP contribution in [0.2, 0.25) is 0 Å². The Labute approximate surface area is 134 Å². The first-order valence-corrected chi connectivity index (χ1v) is 8.27. The van der Waals surface area contributed by atoms with Crippen LogP contribution in [0.25, 0.3) is 0 Å². The lowest BCUT2D eigenvalue weighted by Crippen LogP contribution is -2.17. The summed E-state index contributed by atoms with van der Waals surface area (Å²) in [5.74, 6) is 1.71. The molecular formula is C19H28O3. The van der Waals surface area contributed by atoms with Crippen molar-refractivity contribution in [3.63, 3.8) is 0 Å². The Morgan fingerprint density at radius 2 is 2.05 bits per heavy atom. The van der Waals surface area contributed by atoms with E-state index >= 15 is 0 Å². The molecule has 22 heavy (non-hydrogen) atoms. The number of hydrogen-bond donors (Lipinski definition) is 1. The molecule has 122 valence electrons. The van der Waals surface area contributed by atoms with Gasteiger partial charge in [0.2, 0.25) is 6.79 Å². The molecule has 0 saturated heterocycles. The zero-order valence-electron chi connectivity index (χ0n) is 14.0. The van der Waals surface area contributed by atoms with Crippen LogP contribution in [0.15, 0.2) is 29.8 Å². The third kappa shape index (κ3) is 5.38. The van der Waals surface area contributed by atoms with E-state index in [1.807, 2.05) is 19.9 Å². The smallest absolute Gasteiger partial charge is 0.231 e. The summed E-state index contributed by atoms with van der Waals surface area (Å²) < 4.78 is 10.7. The number of rotatable bonds is 8. The highest BCUT2D eigenvalue weighted by atomic mass is 16.7. The van der Waals surface area contributed by atoms with E-state index in [1.165, 1.54) is 11.1 Å². The number of fused-ring (bicyclic) bond motifs is 1. The molecule has 0 aromatic heterocycles. The Morgan fingerprint density at radius 3 is 2.77 bits per heavy atom. The van der Waals surface area contributed by atoms with Gasteiger partial charge in [-0.1, -0.05) is 24.6 Å². The average Bonchev–Trinajstić information content (AvgIpc) is 2.92. The zero-order chi connectivity index (χ0) is 16.0. The van der Waals surface area contributed by atoms with Gasteiger partial charge in [0.05, 0.1) is 5.60 Å². The van der Waals surface area contributed by atoms with Gasteiger partial charge in [-0.05, 0) is 70.1 Å². The Kier molecular flexibility index (Phi) is 5.90. The summed E-state index contributed by atoms with van der Waals surface area (Å²) in [4.78, 5) is 0. The molecule has 1 aliphatic heterocycles. The highest BCUT2D eigenvalue weighted by molar-refractivity contribution is 5.44. The lowest BCUT2D eigenvalue weighted by atomic mass is 9.97. The maximum atomic E-state index is 9.76. The number of ether oxygens (including phenoxy) is 2. The molecule has 0 amide bonds. The van der Waals surface area contributed by atoms with Crippen LogP contribution in [0.3, 0.4) is 0 Å². The molecule has 3 nitrogen and oxygen atoms in total. The Balaban J connectivity index is 1.79. The van der Waals surface area contributed by atoms with Gasteiger partial charge >= 0.3 is 0 Å². The minimum Gasteiger partial charge on any atom is -0.454 e. The molecule has 0 saturated carbocycles. The molecule has 0 fully saturated rings. The molecule has 1 heterocycles.